The van der Waals surface area contributed by atoms with E-state index in [2.05, 4.69) is 170 Å². The van der Waals surface area contributed by atoms with Crippen molar-refractivity contribution in [3.63, 3.8) is 0 Å². The molecule has 11 rings (SSSR count). The molecule has 0 N–H and O–H groups in total. The molecule has 1 nitrogen and oxygen atoms in total. The molecule has 3 fully saturated rings. The molecule has 282 valence electrons. The molecule has 0 radical (unpaired) electrons. The van der Waals surface area contributed by atoms with E-state index in [1.807, 2.05) is 0 Å². The van der Waals surface area contributed by atoms with Crippen molar-refractivity contribution in [2.75, 3.05) is 4.90 Å². The molecule has 4 aliphatic carbocycles. The van der Waals surface area contributed by atoms with E-state index in [-0.39, 0.29) is 5.41 Å². The Hall–Kier alpha value is -5.40. The number of hydrogen-bond acceptors (Lipinski definition) is 1. The summed E-state index contributed by atoms with van der Waals surface area (Å²) in [6.45, 7) is 4.86. The number of anilines is 3. The van der Waals surface area contributed by atoms with Crippen LogP contribution in [0.3, 0.4) is 0 Å². The highest BCUT2D eigenvalue weighted by atomic mass is 15.1. The molecule has 0 spiro atoms. The minimum atomic E-state index is -0.149. The van der Waals surface area contributed by atoms with Crippen LogP contribution >= 0.6 is 0 Å². The molecule has 0 saturated heterocycles. The van der Waals surface area contributed by atoms with Crippen LogP contribution < -0.4 is 4.90 Å². The van der Waals surface area contributed by atoms with Gasteiger partial charge >= 0.3 is 0 Å². The third-order valence-corrected chi connectivity index (χ3v) is 14.7. The first kappa shape index (κ1) is 34.8. The van der Waals surface area contributed by atoms with Crippen LogP contribution in [0.25, 0.3) is 44.2 Å². The van der Waals surface area contributed by atoms with Gasteiger partial charge in [-0.1, -0.05) is 161 Å². The molecule has 3 saturated carbocycles. The average Bonchev–Trinajstić information content (AvgIpc) is 3.97. The van der Waals surface area contributed by atoms with Crippen molar-refractivity contribution in [2.24, 2.45) is 11.8 Å². The third kappa shape index (κ3) is 5.88. The predicted octanol–water partition coefficient (Wildman–Crippen LogP) is 15.9. The molecular weight excluding hydrogens is 687 g/mol. The van der Waals surface area contributed by atoms with Gasteiger partial charge in [0, 0.05) is 22.2 Å². The van der Waals surface area contributed by atoms with Gasteiger partial charge < -0.3 is 4.90 Å². The number of rotatable bonds is 7. The Morgan fingerprint density at radius 1 is 0.526 bits per heavy atom. The lowest BCUT2D eigenvalue weighted by Gasteiger charge is -2.32. The van der Waals surface area contributed by atoms with Crippen molar-refractivity contribution in [1.82, 2.24) is 0 Å². The summed E-state index contributed by atoms with van der Waals surface area (Å²) in [5.74, 6) is 3.11. The minimum Gasteiger partial charge on any atom is -0.310 e. The van der Waals surface area contributed by atoms with Crippen molar-refractivity contribution >= 4 is 27.8 Å². The molecule has 0 aliphatic heterocycles. The Morgan fingerprint density at radius 3 is 2.00 bits per heavy atom. The zero-order valence-corrected chi connectivity index (χ0v) is 33.6. The maximum Gasteiger partial charge on any atom is 0.0542 e. The third-order valence-electron chi connectivity index (χ3n) is 14.7. The van der Waals surface area contributed by atoms with Crippen molar-refractivity contribution < 1.29 is 0 Å². The SMILES string of the molecule is CC1(C)c2ccccc2-c2c(-c3ccc(-c4ccccc4)cc3)cc(N(c3ccc(C4CC5CCC4C5)cc3)c3cccc4cccc(C5CCCCC5)c34)cc21. The molecule has 3 unspecified atom stereocenters. The van der Waals surface area contributed by atoms with Crippen LogP contribution in [0.5, 0.6) is 0 Å². The lowest BCUT2D eigenvalue weighted by molar-refractivity contribution is 0.420. The smallest absolute Gasteiger partial charge is 0.0542 e. The summed E-state index contributed by atoms with van der Waals surface area (Å²) in [5.41, 5.74) is 17.3. The maximum absolute atomic E-state index is 2.63. The summed E-state index contributed by atoms with van der Waals surface area (Å²) < 4.78 is 0. The quantitative estimate of drug-likeness (QED) is 0.157. The second-order valence-electron chi connectivity index (χ2n) is 18.3. The van der Waals surface area contributed by atoms with Crippen molar-refractivity contribution in [3.8, 4) is 33.4 Å². The molecule has 3 atom stereocenters. The van der Waals surface area contributed by atoms with E-state index in [1.165, 1.54) is 141 Å². The maximum atomic E-state index is 2.63. The van der Waals surface area contributed by atoms with Crippen LogP contribution in [0.15, 0.2) is 152 Å². The number of benzene rings is 7. The van der Waals surface area contributed by atoms with Gasteiger partial charge in [0.2, 0.25) is 0 Å². The standard InChI is InChI=1S/C56H53N/c1-56(2)51-21-10-9-19-48(51)55-50(42-27-25-39(26-28-42)38-13-5-3-6-14-38)35-46(36-52(55)56)57(45-31-29-41(30-32-45)49-34-37-23-24-44(49)33-37)53-22-12-18-43-17-11-20-47(54(43)53)40-15-7-4-8-16-40/h3,5-6,9-14,17-22,25-32,35-37,40,44,49H,4,7-8,15-16,23-24,33-34H2,1-2H3. The van der Waals surface area contributed by atoms with Gasteiger partial charge in [0.15, 0.2) is 0 Å². The molecule has 7 aromatic carbocycles. The summed E-state index contributed by atoms with van der Waals surface area (Å²) >= 11 is 0. The van der Waals surface area contributed by atoms with Crippen LogP contribution in [-0.2, 0) is 5.41 Å². The Bertz CT molecular complexity index is 2580. The van der Waals surface area contributed by atoms with E-state index < -0.39 is 0 Å². The van der Waals surface area contributed by atoms with E-state index >= 15 is 0 Å². The fourth-order valence-electron chi connectivity index (χ4n) is 11.9. The van der Waals surface area contributed by atoms with E-state index in [0.717, 1.165) is 11.8 Å². The minimum absolute atomic E-state index is 0.149. The van der Waals surface area contributed by atoms with Crippen LogP contribution in [0, 0.1) is 11.8 Å². The first-order valence-electron chi connectivity index (χ1n) is 21.9. The van der Waals surface area contributed by atoms with Crippen LogP contribution in [0.4, 0.5) is 17.1 Å². The first-order chi connectivity index (χ1) is 28.0. The number of fused-ring (bicyclic) bond motifs is 6. The molecular formula is C56H53N. The van der Waals surface area contributed by atoms with Crippen molar-refractivity contribution in [1.29, 1.82) is 0 Å². The number of hydrogen-bond donors (Lipinski definition) is 0. The second kappa shape index (κ2) is 13.9. The summed E-state index contributed by atoms with van der Waals surface area (Å²) in [6.07, 6.45) is 12.2. The highest BCUT2D eigenvalue weighted by Gasteiger charge is 2.41. The fourth-order valence-corrected chi connectivity index (χ4v) is 11.9. The molecule has 0 amide bonds. The van der Waals surface area contributed by atoms with Crippen molar-refractivity contribution in [2.45, 2.75) is 88.9 Å². The van der Waals surface area contributed by atoms with Gasteiger partial charge in [-0.15, -0.1) is 0 Å². The zero-order valence-electron chi connectivity index (χ0n) is 33.6. The molecule has 57 heavy (non-hydrogen) atoms. The van der Waals surface area contributed by atoms with Crippen LogP contribution in [0.1, 0.15) is 106 Å². The highest BCUT2D eigenvalue weighted by Crippen LogP contribution is 2.56. The van der Waals surface area contributed by atoms with Crippen molar-refractivity contribution in [3.05, 3.63) is 174 Å². The summed E-state index contributed by atoms with van der Waals surface area (Å²) in [4.78, 5) is 2.63. The van der Waals surface area contributed by atoms with Gasteiger partial charge in [-0.25, -0.2) is 0 Å². The van der Waals surface area contributed by atoms with E-state index in [1.54, 1.807) is 0 Å². The first-order valence-corrected chi connectivity index (χ1v) is 21.9. The van der Waals surface area contributed by atoms with E-state index in [0.29, 0.717) is 11.8 Å². The molecule has 7 aromatic rings. The lowest BCUT2D eigenvalue weighted by atomic mass is 9.81. The topological polar surface area (TPSA) is 3.24 Å². The van der Waals surface area contributed by atoms with E-state index in [9.17, 15) is 0 Å². The second-order valence-corrected chi connectivity index (χ2v) is 18.3. The van der Waals surface area contributed by atoms with Gasteiger partial charge in [0.05, 0.1) is 5.69 Å². The Morgan fingerprint density at radius 2 is 1.25 bits per heavy atom. The zero-order chi connectivity index (χ0) is 38.1. The molecule has 0 heterocycles. The summed E-state index contributed by atoms with van der Waals surface area (Å²) in [7, 11) is 0. The van der Waals surface area contributed by atoms with Gasteiger partial charge in [-0.05, 0) is 147 Å². The van der Waals surface area contributed by atoms with Crippen LogP contribution in [0.2, 0.25) is 0 Å². The molecule has 0 aromatic heterocycles. The molecule has 2 bridgehead atoms. The normalized spacial score (nSPS) is 20.8. The van der Waals surface area contributed by atoms with Gasteiger partial charge in [0.25, 0.3) is 0 Å². The average molecular weight is 740 g/mol. The molecule has 4 aliphatic rings. The highest BCUT2D eigenvalue weighted by molar-refractivity contribution is 6.03. The molecule has 1 heteroatoms. The van der Waals surface area contributed by atoms with Gasteiger partial charge in [0.1, 0.15) is 0 Å². The van der Waals surface area contributed by atoms with Crippen LogP contribution in [-0.4, -0.2) is 0 Å². The van der Waals surface area contributed by atoms with E-state index in [4.69, 9.17) is 0 Å². The largest absolute Gasteiger partial charge is 0.310 e. The predicted molar refractivity (Wildman–Crippen MR) is 241 cm³/mol. The Labute approximate surface area is 339 Å². The van der Waals surface area contributed by atoms with Gasteiger partial charge in [-0.2, -0.15) is 0 Å². The lowest BCUT2D eigenvalue weighted by Crippen LogP contribution is -2.17. The fraction of sp³-hybridized carbons (Fsp3) is 0.286. The number of nitrogens with zero attached hydrogens (tertiary/aromatic N) is 1. The Balaban J connectivity index is 1.14. The monoisotopic (exact) mass is 739 g/mol. The summed E-state index contributed by atoms with van der Waals surface area (Å²) in [5, 5.41) is 2.76. The summed E-state index contributed by atoms with van der Waals surface area (Å²) in [6, 6.07) is 58.2. The van der Waals surface area contributed by atoms with Gasteiger partial charge in [-0.3, -0.25) is 0 Å². The Kier molecular flexibility index (Phi) is 8.50.